The molecule has 0 aliphatic heterocycles. The lowest BCUT2D eigenvalue weighted by molar-refractivity contribution is 0.318. The summed E-state index contributed by atoms with van der Waals surface area (Å²) < 4.78 is 4.89. The topological polar surface area (TPSA) is 110 Å². The number of aryl methyl sites for hydroxylation is 1. The first-order chi connectivity index (χ1) is 9.69. The van der Waals surface area contributed by atoms with Crippen LogP contribution in [0.1, 0.15) is 22.8 Å². The number of nitrogens with one attached hydrogen (secondary N) is 1. The van der Waals surface area contributed by atoms with Gasteiger partial charge in [-0.1, -0.05) is 34.6 Å². The van der Waals surface area contributed by atoms with Crippen molar-refractivity contribution in [2.24, 2.45) is 10.9 Å². The van der Waals surface area contributed by atoms with E-state index < -0.39 is 0 Å². The minimum atomic E-state index is 0.108. The lowest BCUT2D eigenvalue weighted by Gasteiger charge is -2.04. The predicted molar refractivity (Wildman–Crippen MR) is 73.4 cm³/mol. The molecule has 20 heavy (non-hydrogen) atoms. The summed E-state index contributed by atoms with van der Waals surface area (Å²) in [5, 5.41) is 18.6. The van der Waals surface area contributed by atoms with Gasteiger partial charge >= 0.3 is 0 Å². The molecule has 0 saturated heterocycles. The van der Waals surface area contributed by atoms with E-state index in [1.165, 1.54) is 0 Å². The van der Waals surface area contributed by atoms with E-state index in [0.717, 1.165) is 25.1 Å². The molecule has 0 fully saturated rings. The van der Waals surface area contributed by atoms with Gasteiger partial charge in [0.2, 0.25) is 5.89 Å². The fraction of sp³-hybridized carbons (Fsp3) is 0.308. The number of hydrogen-bond acceptors (Lipinski definition) is 6. The maximum absolute atomic E-state index is 8.57. The molecule has 1 aromatic carbocycles. The molecule has 106 valence electrons. The Hall–Kier alpha value is -2.41. The van der Waals surface area contributed by atoms with Gasteiger partial charge in [-0.25, -0.2) is 0 Å². The summed E-state index contributed by atoms with van der Waals surface area (Å²) in [5.74, 6) is 1.40. The third-order valence-corrected chi connectivity index (χ3v) is 2.78. The summed E-state index contributed by atoms with van der Waals surface area (Å²) in [6.45, 7) is 3.26. The van der Waals surface area contributed by atoms with Crippen LogP contribution in [0.25, 0.3) is 0 Å². The van der Waals surface area contributed by atoms with Crippen LogP contribution in [0.15, 0.2) is 33.9 Å². The van der Waals surface area contributed by atoms with Crippen LogP contribution < -0.4 is 11.1 Å². The first kappa shape index (κ1) is 14.0. The highest BCUT2D eigenvalue weighted by Crippen LogP contribution is 2.04. The zero-order valence-electron chi connectivity index (χ0n) is 11.2. The van der Waals surface area contributed by atoms with Crippen molar-refractivity contribution in [2.45, 2.75) is 19.9 Å². The third-order valence-electron chi connectivity index (χ3n) is 2.78. The maximum atomic E-state index is 8.57. The number of hydrogen-bond donors (Lipinski definition) is 3. The van der Waals surface area contributed by atoms with Gasteiger partial charge in [0.15, 0.2) is 11.7 Å². The van der Waals surface area contributed by atoms with Crippen molar-refractivity contribution in [3.63, 3.8) is 0 Å². The Kier molecular flexibility index (Phi) is 4.67. The van der Waals surface area contributed by atoms with E-state index in [0.29, 0.717) is 17.3 Å². The van der Waals surface area contributed by atoms with E-state index in [9.17, 15) is 0 Å². The average Bonchev–Trinajstić information content (AvgIpc) is 2.89. The lowest BCUT2D eigenvalue weighted by atomic mass is 10.1. The van der Waals surface area contributed by atoms with Gasteiger partial charge in [-0.05, 0) is 5.56 Å². The Morgan fingerprint density at radius 1 is 1.40 bits per heavy atom. The molecule has 0 amide bonds. The van der Waals surface area contributed by atoms with Crippen molar-refractivity contribution in [1.29, 1.82) is 0 Å². The molecule has 1 aromatic heterocycles. The summed E-state index contributed by atoms with van der Waals surface area (Å²) in [6, 6.07) is 7.49. The van der Waals surface area contributed by atoms with Gasteiger partial charge in [0, 0.05) is 32.0 Å². The smallest absolute Gasteiger partial charge is 0.223 e. The van der Waals surface area contributed by atoms with Gasteiger partial charge in [0.05, 0.1) is 0 Å². The largest absolute Gasteiger partial charge is 0.409 e. The minimum Gasteiger partial charge on any atom is -0.409 e. The Labute approximate surface area is 116 Å². The second-order valence-electron chi connectivity index (χ2n) is 4.34. The Balaban J connectivity index is 1.77. The van der Waals surface area contributed by atoms with Crippen molar-refractivity contribution < 1.29 is 9.73 Å². The molecule has 7 heteroatoms. The van der Waals surface area contributed by atoms with Crippen LogP contribution in [0.5, 0.6) is 0 Å². The highest BCUT2D eigenvalue weighted by molar-refractivity contribution is 5.96. The van der Waals surface area contributed by atoms with Crippen LogP contribution >= 0.6 is 0 Å². The number of oxime groups is 1. The molecule has 0 bridgehead atoms. The Morgan fingerprint density at radius 3 is 2.75 bits per heavy atom. The zero-order chi connectivity index (χ0) is 14.4. The fourth-order valence-corrected chi connectivity index (χ4v) is 1.73. The number of amidine groups is 1. The van der Waals surface area contributed by atoms with Crippen molar-refractivity contribution in [3.8, 4) is 0 Å². The van der Waals surface area contributed by atoms with Gasteiger partial charge in [0.1, 0.15) is 0 Å². The molecule has 2 aromatic rings. The summed E-state index contributed by atoms with van der Waals surface area (Å²) >= 11 is 0. The molecule has 0 aliphatic carbocycles. The number of rotatable bonds is 6. The van der Waals surface area contributed by atoms with Crippen LogP contribution in [0.4, 0.5) is 0 Å². The summed E-state index contributed by atoms with van der Waals surface area (Å²) in [7, 11) is 0. The molecule has 1 heterocycles. The second-order valence-corrected chi connectivity index (χ2v) is 4.34. The van der Waals surface area contributed by atoms with Crippen LogP contribution in [0, 0.1) is 6.92 Å². The molecule has 0 radical (unpaired) electrons. The van der Waals surface area contributed by atoms with Crippen LogP contribution in [-0.2, 0) is 13.0 Å². The van der Waals surface area contributed by atoms with Crippen molar-refractivity contribution in [3.05, 3.63) is 47.1 Å². The van der Waals surface area contributed by atoms with E-state index in [2.05, 4.69) is 20.6 Å². The van der Waals surface area contributed by atoms with Crippen molar-refractivity contribution >= 4 is 5.84 Å². The summed E-state index contributed by atoms with van der Waals surface area (Å²) in [5.41, 5.74) is 7.30. The van der Waals surface area contributed by atoms with Crippen molar-refractivity contribution in [1.82, 2.24) is 15.5 Å². The maximum Gasteiger partial charge on any atom is 0.223 e. The molecule has 0 aliphatic rings. The van der Waals surface area contributed by atoms with E-state index in [1.54, 1.807) is 6.92 Å². The Morgan fingerprint density at radius 2 is 2.15 bits per heavy atom. The van der Waals surface area contributed by atoms with Gasteiger partial charge in [0.25, 0.3) is 0 Å². The van der Waals surface area contributed by atoms with E-state index >= 15 is 0 Å². The van der Waals surface area contributed by atoms with Gasteiger partial charge < -0.3 is 20.8 Å². The molecular weight excluding hydrogens is 258 g/mol. The molecule has 4 N–H and O–H groups in total. The van der Waals surface area contributed by atoms with E-state index in [4.69, 9.17) is 15.5 Å². The number of benzene rings is 1. The van der Waals surface area contributed by atoms with Crippen molar-refractivity contribution in [2.75, 3.05) is 6.54 Å². The predicted octanol–water partition coefficient (Wildman–Crippen LogP) is 0.805. The van der Waals surface area contributed by atoms with Crippen LogP contribution in [-0.4, -0.2) is 27.7 Å². The molecule has 0 atom stereocenters. The monoisotopic (exact) mass is 275 g/mol. The lowest BCUT2D eigenvalue weighted by Crippen LogP contribution is -2.17. The first-order valence-electron chi connectivity index (χ1n) is 6.26. The number of aromatic nitrogens is 2. The SMILES string of the molecule is Cc1nc(CCNCc2ccc(/C(N)=N/O)cc2)no1. The molecular formula is C13H17N5O2. The quantitative estimate of drug-likeness (QED) is 0.236. The number of nitrogens with two attached hydrogens (primary N) is 1. The normalized spacial score (nSPS) is 11.8. The third kappa shape index (κ3) is 3.79. The van der Waals surface area contributed by atoms with Crippen LogP contribution in [0.2, 0.25) is 0 Å². The highest BCUT2D eigenvalue weighted by atomic mass is 16.5. The van der Waals surface area contributed by atoms with E-state index in [-0.39, 0.29) is 5.84 Å². The zero-order valence-corrected chi connectivity index (χ0v) is 11.2. The van der Waals surface area contributed by atoms with Gasteiger partial charge in [-0.3, -0.25) is 0 Å². The molecule has 0 spiro atoms. The van der Waals surface area contributed by atoms with E-state index in [1.807, 2.05) is 24.3 Å². The first-order valence-corrected chi connectivity index (χ1v) is 6.26. The summed E-state index contributed by atoms with van der Waals surface area (Å²) in [6.07, 6.45) is 0.722. The summed E-state index contributed by atoms with van der Waals surface area (Å²) in [4.78, 5) is 4.13. The van der Waals surface area contributed by atoms with Gasteiger partial charge in [-0.2, -0.15) is 4.98 Å². The van der Waals surface area contributed by atoms with Crippen LogP contribution in [0.3, 0.4) is 0 Å². The van der Waals surface area contributed by atoms with Gasteiger partial charge in [-0.15, -0.1) is 0 Å². The number of nitrogens with zero attached hydrogens (tertiary/aromatic N) is 3. The highest BCUT2D eigenvalue weighted by Gasteiger charge is 2.02. The standard InChI is InChI=1S/C13H17N5O2/c1-9-16-12(18-20-9)6-7-15-8-10-2-4-11(5-3-10)13(14)17-19/h2-5,15,19H,6-8H2,1H3,(H2,14,17). The molecule has 0 saturated carbocycles. The molecule has 2 rings (SSSR count). The second kappa shape index (κ2) is 6.67. The Bertz CT molecular complexity index is 577. The average molecular weight is 275 g/mol. The fourth-order valence-electron chi connectivity index (χ4n) is 1.73. The molecule has 0 unspecified atom stereocenters. The molecule has 7 nitrogen and oxygen atoms in total. The minimum absolute atomic E-state index is 0.108.